The Morgan fingerprint density at radius 3 is 1.25 bits per heavy atom. The summed E-state index contributed by atoms with van der Waals surface area (Å²) in [5.74, 6) is 0. The van der Waals surface area contributed by atoms with Crippen LogP contribution in [0.1, 0.15) is 53.4 Å². The van der Waals surface area contributed by atoms with E-state index in [1.807, 2.05) is 12.2 Å². The van der Waals surface area contributed by atoms with Gasteiger partial charge in [-0.05, 0) is 39.5 Å². The van der Waals surface area contributed by atoms with Gasteiger partial charge in [-0.25, -0.2) is 0 Å². The third kappa shape index (κ3) is 23.3. The minimum absolute atomic E-state index is 0.183. The van der Waals surface area contributed by atoms with Gasteiger partial charge in [-0.15, -0.1) is 0 Å². The van der Waals surface area contributed by atoms with Crippen molar-refractivity contribution in [2.45, 2.75) is 65.6 Å². The van der Waals surface area contributed by atoms with Gasteiger partial charge >= 0.3 is 0 Å². The van der Waals surface area contributed by atoms with Crippen LogP contribution in [0.25, 0.3) is 0 Å². The van der Waals surface area contributed by atoms with Crippen molar-refractivity contribution in [3.05, 3.63) is 24.3 Å². The summed E-state index contributed by atoms with van der Waals surface area (Å²) in [6, 6.07) is 0. The SMILES string of the molecule is CC/C=C\C[C@@H](C)O.CC/C=C\C[C@H](C)O. The molecule has 0 saturated heterocycles. The van der Waals surface area contributed by atoms with Crippen molar-refractivity contribution in [1.29, 1.82) is 0 Å². The molecule has 0 aliphatic rings. The fourth-order valence-corrected chi connectivity index (χ4v) is 0.920. The highest BCUT2D eigenvalue weighted by atomic mass is 16.3. The lowest BCUT2D eigenvalue weighted by Crippen LogP contribution is -1.94. The van der Waals surface area contributed by atoms with E-state index in [1.165, 1.54) is 0 Å². The van der Waals surface area contributed by atoms with Crippen molar-refractivity contribution >= 4 is 0 Å². The van der Waals surface area contributed by atoms with E-state index in [2.05, 4.69) is 26.0 Å². The molecule has 0 aromatic carbocycles. The van der Waals surface area contributed by atoms with Gasteiger partial charge in [0.05, 0.1) is 12.2 Å². The Morgan fingerprint density at radius 1 is 0.750 bits per heavy atom. The lowest BCUT2D eigenvalue weighted by molar-refractivity contribution is 0.198. The number of hydrogen-bond acceptors (Lipinski definition) is 2. The van der Waals surface area contributed by atoms with Crippen LogP contribution in [0.4, 0.5) is 0 Å². The minimum atomic E-state index is -0.183. The van der Waals surface area contributed by atoms with Crippen molar-refractivity contribution < 1.29 is 10.2 Å². The lowest BCUT2D eigenvalue weighted by Gasteiger charge is -1.94. The fraction of sp³-hybridized carbons (Fsp3) is 0.714. The van der Waals surface area contributed by atoms with Crippen LogP contribution in [0.2, 0.25) is 0 Å². The van der Waals surface area contributed by atoms with Crippen molar-refractivity contribution in [3.8, 4) is 0 Å². The lowest BCUT2D eigenvalue weighted by atomic mass is 10.2. The largest absolute Gasteiger partial charge is 0.393 e. The van der Waals surface area contributed by atoms with E-state index >= 15 is 0 Å². The molecule has 0 aliphatic heterocycles. The molecule has 0 radical (unpaired) electrons. The quantitative estimate of drug-likeness (QED) is 0.684. The highest BCUT2D eigenvalue weighted by Crippen LogP contribution is 1.91. The number of aliphatic hydroxyl groups excluding tert-OH is 2. The summed E-state index contributed by atoms with van der Waals surface area (Å²) in [6.45, 7) is 7.75. The Bertz CT molecular complexity index is 150. The molecule has 2 nitrogen and oxygen atoms in total. The molecule has 0 spiro atoms. The van der Waals surface area contributed by atoms with Crippen LogP contribution < -0.4 is 0 Å². The van der Waals surface area contributed by atoms with Crippen molar-refractivity contribution in [3.63, 3.8) is 0 Å². The molecule has 0 unspecified atom stereocenters. The zero-order chi connectivity index (χ0) is 12.8. The smallest absolute Gasteiger partial charge is 0.0546 e. The first-order chi connectivity index (χ1) is 7.54. The Balaban J connectivity index is 0. The Morgan fingerprint density at radius 2 is 1.06 bits per heavy atom. The fourth-order valence-electron chi connectivity index (χ4n) is 0.920. The zero-order valence-electron chi connectivity index (χ0n) is 11.2. The average Bonchev–Trinajstić information content (AvgIpc) is 2.18. The summed E-state index contributed by atoms with van der Waals surface area (Å²) in [5.41, 5.74) is 0. The van der Waals surface area contributed by atoms with Crippen LogP contribution in [-0.2, 0) is 0 Å². The Labute approximate surface area is 101 Å². The summed E-state index contributed by atoms with van der Waals surface area (Å²) in [7, 11) is 0. The van der Waals surface area contributed by atoms with Crippen LogP contribution in [0, 0.1) is 0 Å². The van der Waals surface area contributed by atoms with Gasteiger partial charge < -0.3 is 10.2 Å². The number of aliphatic hydroxyl groups is 2. The molecule has 0 aromatic heterocycles. The monoisotopic (exact) mass is 228 g/mol. The topological polar surface area (TPSA) is 40.5 Å². The van der Waals surface area contributed by atoms with Gasteiger partial charge in [-0.1, -0.05) is 38.2 Å². The molecule has 2 atom stereocenters. The normalized spacial score (nSPS) is 14.9. The molecule has 0 aromatic rings. The minimum Gasteiger partial charge on any atom is -0.393 e. The molecule has 0 amide bonds. The highest BCUT2D eigenvalue weighted by Gasteiger charge is 1.86. The van der Waals surface area contributed by atoms with Gasteiger partial charge in [0.25, 0.3) is 0 Å². The standard InChI is InChI=1S/2C7H14O/c2*1-3-4-5-6-7(2)8/h2*4-5,7-8H,3,6H2,1-2H3/b2*5-4-/t2*7-/m10/s1. The molecule has 0 fully saturated rings. The Hall–Kier alpha value is -0.600. The van der Waals surface area contributed by atoms with Crippen LogP contribution >= 0.6 is 0 Å². The summed E-state index contributed by atoms with van der Waals surface area (Å²) < 4.78 is 0. The van der Waals surface area contributed by atoms with Crippen molar-refractivity contribution in [1.82, 2.24) is 0 Å². The van der Waals surface area contributed by atoms with E-state index in [-0.39, 0.29) is 12.2 Å². The summed E-state index contributed by atoms with van der Waals surface area (Å²) in [5, 5.41) is 17.5. The number of rotatable bonds is 6. The number of hydrogen-bond donors (Lipinski definition) is 2. The van der Waals surface area contributed by atoms with Gasteiger partial charge in [0, 0.05) is 0 Å². The van der Waals surface area contributed by atoms with E-state index in [9.17, 15) is 0 Å². The second kappa shape index (κ2) is 14.4. The molecular weight excluding hydrogens is 200 g/mol. The molecule has 16 heavy (non-hydrogen) atoms. The van der Waals surface area contributed by atoms with Gasteiger partial charge in [0.2, 0.25) is 0 Å². The Kier molecular flexibility index (Phi) is 16.0. The second-order valence-electron chi connectivity index (χ2n) is 3.93. The molecular formula is C14H28O2. The predicted molar refractivity (Wildman–Crippen MR) is 71.5 cm³/mol. The molecule has 0 saturated carbocycles. The zero-order valence-corrected chi connectivity index (χ0v) is 11.2. The maximum Gasteiger partial charge on any atom is 0.0546 e. The van der Waals surface area contributed by atoms with E-state index in [4.69, 9.17) is 10.2 Å². The maximum atomic E-state index is 8.73. The predicted octanol–water partition coefficient (Wildman–Crippen LogP) is 3.45. The van der Waals surface area contributed by atoms with Crippen molar-refractivity contribution in [2.24, 2.45) is 0 Å². The summed E-state index contributed by atoms with van der Waals surface area (Å²) in [6.07, 6.45) is 11.5. The van der Waals surface area contributed by atoms with Gasteiger partial charge in [0.1, 0.15) is 0 Å². The van der Waals surface area contributed by atoms with Crippen LogP contribution in [0.15, 0.2) is 24.3 Å². The molecule has 96 valence electrons. The summed E-state index contributed by atoms with van der Waals surface area (Å²) in [4.78, 5) is 0. The van der Waals surface area contributed by atoms with Crippen LogP contribution in [0.5, 0.6) is 0 Å². The molecule has 2 heteroatoms. The maximum absolute atomic E-state index is 8.73. The van der Waals surface area contributed by atoms with Gasteiger partial charge in [-0.2, -0.15) is 0 Å². The first-order valence-electron chi connectivity index (χ1n) is 6.20. The summed E-state index contributed by atoms with van der Waals surface area (Å²) >= 11 is 0. The first-order valence-corrected chi connectivity index (χ1v) is 6.20. The van der Waals surface area contributed by atoms with Crippen LogP contribution in [-0.4, -0.2) is 22.4 Å². The third-order valence-electron chi connectivity index (χ3n) is 1.76. The second-order valence-corrected chi connectivity index (χ2v) is 3.93. The van der Waals surface area contributed by atoms with Gasteiger partial charge in [0.15, 0.2) is 0 Å². The third-order valence-corrected chi connectivity index (χ3v) is 1.76. The molecule has 0 bridgehead atoms. The first kappa shape index (κ1) is 17.8. The molecule has 0 heterocycles. The van der Waals surface area contributed by atoms with Crippen molar-refractivity contribution in [2.75, 3.05) is 0 Å². The van der Waals surface area contributed by atoms with E-state index < -0.39 is 0 Å². The van der Waals surface area contributed by atoms with E-state index in [0.717, 1.165) is 25.7 Å². The van der Waals surface area contributed by atoms with Crippen LogP contribution in [0.3, 0.4) is 0 Å². The van der Waals surface area contributed by atoms with Gasteiger partial charge in [-0.3, -0.25) is 0 Å². The highest BCUT2D eigenvalue weighted by molar-refractivity contribution is 4.81. The number of allylic oxidation sites excluding steroid dienone is 2. The van der Waals surface area contributed by atoms with E-state index in [0.29, 0.717) is 0 Å². The molecule has 0 rings (SSSR count). The molecule has 2 N–H and O–H groups in total. The average molecular weight is 228 g/mol. The van der Waals surface area contributed by atoms with E-state index in [1.54, 1.807) is 13.8 Å². The molecule has 0 aliphatic carbocycles.